The molecule has 1 N–H and O–H groups in total. The fraction of sp³-hybridized carbons (Fsp3) is 0.227. The molecule has 4 rings (SSSR count). The molecule has 7 heteroatoms. The number of benzene rings is 2. The Morgan fingerprint density at radius 3 is 2.72 bits per heavy atom. The van der Waals surface area contributed by atoms with Crippen LogP contribution in [0.4, 0.5) is 10.1 Å². The highest BCUT2D eigenvalue weighted by Gasteiger charge is 2.37. The van der Waals surface area contributed by atoms with Crippen molar-refractivity contribution in [2.45, 2.75) is 25.1 Å². The van der Waals surface area contributed by atoms with Crippen molar-refractivity contribution in [3.8, 4) is 0 Å². The molecule has 1 aliphatic rings. The van der Waals surface area contributed by atoms with Crippen LogP contribution in [-0.2, 0) is 17.6 Å². The van der Waals surface area contributed by atoms with E-state index in [1.165, 1.54) is 11.0 Å². The number of carbonyl (C=O) groups is 2. The van der Waals surface area contributed by atoms with Crippen LogP contribution in [0.1, 0.15) is 27.4 Å². The Hall–Kier alpha value is -3.48. The summed E-state index contributed by atoms with van der Waals surface area (Å²) in [6.07, 6.45) is -1.03. The maximum atomic E-state index is 14.9. The SMILES string of the molecule is CN1C(=O)[C@@H](NC(=O)c2cc(Cc3ccccc3)on2)[C@H](F)Cc2ccccc21. The van der Waals surface area contributed by atoms with Crippen LogP contribution in [0, 0.1) is 0 Å². The molecule has 0 fully saturated rings. The number of para-hydroxylation sites is 1. The molecule has 0 aliphatic carbocycles. The molecule has 1 aliphatic heterocycles. The van der Waals surface area contributed by atoms with E-state index in [1.54, 1.807) is 31.3 Å². The maximum Gasteiger partial charge on any atom is 0.274 e. The summed E-state index contributed by atoms with van der Waals surface area (Å²) in [6, 6.07) is 17.0. The average Bonchev–Trinajstić information content (AvgIpc) is 3.17. The molecule has 1 aromatic heterocycles. The first-order valence-corrected chi connectivity index (χ1v) is 9.33. The maximum absolute atomic E-state index is 14.9. The van der Waals surface area contributed by atoms with Gasteiger partial charge in [-0.05, 0) is 17.2 Å². The van der Waals surface area contributed by atoms with E-state index < -0.39 is 24.0 Å². The number of likely N-dealkylation sites (N-methyl/N-ethyl adjacent to an activating group) is 1. The number of nitrogens with one attached hydrogen (secondary N) is 1. The Kier molecular flexibility index (Phi) is 5.12. The highest BCUT2D eigenvalue weighted by Crippen LogP contribution is 2.27. The molecule has 0 saturated carbocycles. The monoisotopic (exact) mass is 393 g/mol. The zero-order valence-electron chi connectivity index (χ0n) is 15.8. The Morgan fingerprint density at radius 1 is 1.21 bits per heavy atom. The van der Waals surface area contributed by atoms with Crippen LogP contribution in [0.15, 0.2) is 65.2 Å². The number of aromatic nitrogens is 1. The molecule has 6 nitrogen and oxygen atoms in total. The molecule has 0 spiro atoms. The number of hydrogen-bond acceptors (Lipinski definition) is 4. The number of anilines is 1. The summed E-state index contributed by atoms with van der Waals surface area (Å²) in [5, 5.41) is 6.26. The molecule has 0 bridgehead atoms. The number of rotatable bonds is 4. The standard InChI is InChI=1S/C22H20FN3O3/c1-26-19-10-6-5-9-15(19)12-17(23)20(22(26)28)24-21(27)18-13-16(29-25-18)11-14-7-3-2-4-8-14/h2-10,13,17,20H,11-12H2,1H3,(H,24,27)/t17-,20+/m1/s1. The van der Waals surface area contributed by atoms with Gasteiger partial charge in [-0.3, -0.25) is 9.59 Å². The highest BCUT2D eigenvalue weighted by molar-refractivity contribution is 6.02. The van der Waals surface area contributed by atoms with Crippen LogP contribution in [0.3, 0.4) is 0 Å². The fourth-order valence-electron chi connectivity index (χ4n) is 3.49. The van der Waals surface area contributed by atoms with Gasteiger partial charge in [0.15, 0.2) is 5.69 Å². The van der Waals surface area contributed by atoms with Crippen LogP contribution < -0.4 is 10.2 Å². The molecular weight excluding hydrogens is 373 g/mol. The van der Waals surface area contributed by atoms with E-state index in [1.807, 2.05) is 30.3 Å². The van der Waals surface area contributed by atoms with Crippen LogP contribution >= 0.6 is 0 Å². The van der Waals surface area contributed by atoms with Gasteiger partial charge in [0.2, 0.25) is 0 Å². The lowest BCUT2D eigenvalue weighted by Crippen LogP contribution is -2.51. The molecular formula is C22H20FN3O3. The van der Waals surface area contributed by atoms with Gasteiger partial charge >= 0.3 is 0 Å². The second-order valence-corrected chi connectivity index (χ2v) is 7.04. The van der Waals surface area contributed by atoms with Gasteiger partial charge in [-0.25, -0.2) is 4.39 Å². The van der Waals surface area contributed by atoms with E-state index in [2.05, 4.69) is 10.5 Å². The lowest BCUT2D eigenvalue weighted by Gasteiger charge is -2.22. The van der Waals surface area contributed by atoms with Gasteiger partial charge in [0, 0.05) is 31.6 Å². The Balaban J connectivity index is 1.49. The molecule has 2 amide bonds. The Morgan fingerprint density at radius 2 is 1.93 bits per heavy atom. The fourth-order valence-corrected chi connectivity index (χ4v) is 3.49. The first kappa shape index (κ1) is 18.9. The van der Waals surface area contributed by atoms with E-state index in [0.717, 1.165) is 11.1 Å². The minimum Gasteiger partial charge on any atom is -0.360 e. The van der Waals surface area contributed by atoms with Crippen molar-refractivity contribution >= 4 is 17.5 Å². The number of halogens is 1. The first-order chi connectivity index (χ1) is 14.0. The summed E-state index contributed by atoms with van der Waals surface area (Å²) in [4.78, 5) is 26.7. The Labute approximate surface area is 167 Å². The Bertz CT molecular complexity index is 1030. The third-order valence-corrected chi connectivity index (χ3v) is 5.03. The predicted octanol–water partition coefficient (Wildman–Crippen LogP) is 2.92. The van der Waals surface area contributed by atoms with Crippen LogP contribution in [0.5, 0.6) is 0 Å². The van der Waals surface area contributed by atoms with E-state index in [-0.39, 0.29) is 12.1 Å². The summed E-state index contributed by atoms with van der Waals surface area (Å²) in [6.45, 7) is 0. The molecule has 0 radical (unpaired) electrons. The van der Waals surface area contributed by atoms with Crippen molar-refractivity contribution in [1.29, 1.82) is 0 Å². The highest BCUT2D eigenvalue weighted by atomic mass is 19.1. The minimum absolute atomic E-state index is 0.0142. The quantitative estimate of drug-likeness (QED) is 0.740. The molecule has 2 aromatic carbocycles. The second-order valence-electron chi connectivity index (χ2n) is 7.04. The van der Waals surface area contributed by atoms with Crippen molar-refractivity contribution in [1.82, 2.24) is 10.5 Å². The molecule has 2 heterocycles. The normalized spacial score (nSPS) is 18.8. The lowest BCUT2D eigenvalue weighted by atomic mass is 10.0. The van der Waals surface area contributed by atoms with Gasteiger partial charge in [0.1, 0.15) is 18.0 Å². The number of amides is 2. The number of fused-ring (bicyclic) bond motifs is 1. The summed E-state index contributed by atoms with van der Waals surface area (Å²) >= 11 is 0. The van der Waals surface area contributed by atoms with Crippen molar-refractivity contribution < 1.29 is 18.5 Å². The van der Waals surface area contributed by atoms with Gasteiger partial charge < -0.3 is 14.7 Å². The molecule has 0 unspecified atom stereocenters. The number of nitrogens with zero attached hydrogens (tertiary/aromatic N) is 2. The molecule has 3 aromatic rings. The zero-order valence-corrected chi connectivity index (χ0v) is 15.8. The summed E-state index contributed by atoms with van der Waals surface area (Å²) < 4.78 is 20.1. The molecule has 0 saturated heterocycles. The van der Waals surface area contributed by atoms with Crippen molar-refractivity contribution in [3.63, 3.8) is 0 Å². The first-order valence-electron chi connectivity index (χ1n) is 9.33. The topological polar surface area (TPSA) is 75.4 Å². The van der Waals surface area contributed by atoms with E-state index in [9.17, 15) is 14.0 Å². The zero-order chi connectivity index (χ0) is 20.4. The largest absolute Gasteiger partial charge is 0.360 e. The van der Waals surface area contributed by atoms with Gasteiger partial charge in [-0.15, -0.1) is 0 Å². The summed E-state index contributed by atoms with van der Waals surface area (Å²) in [7, 11) is 1.58. The van der Waals surface area contributed by atoms with Gasteiger partial charge in [-0.1, -0.05) is 53.7 Å². The second kappa shape index (κ2) is 7.87. The third kappa shape index (κ3) is 3.89. The van der Waals surface area contributed by atoms with Crippen molar-refractivity contribution in [3.05, 3.63) is 83.2 Å². The summed E-state index contributed by atoms with van der Waals surface area (Å²) in [5.74, 6) is -0.646. The number of alkyl halides is 1. The van der Waals surface area contributed by atoms with Gasteiger partial charge in [-0.2, -0.15) is 0 Å². The third-order valence-electron chi connectivity index (χ3n) is 5.03. The number of hydrogen-bond donors (Lipinski definition) is 1. The number of carbonyl (C=O) groups excluding carboxylic acids is 2. The average molecular weight is 393 g/mol. The molecule has 29 heavy (non-hydrogen) atoms. The van der Waals surface area contributed by atoms with Crippen LogP contribution in [0.2, 0.25) is 0 Å². The van der Waals surface area contributed by atoms with E-state index in [0.29, 0.717) is 17.9 Å². The molecule has 2 atom stereocenters. The van der Waals surface area contributed by atoms with E-state index in [4.69, 9.17) is 4.52 Å². The van der Waals surface area contributed by atoms with Crippen molar-refractivity contribution in [2.24, 2.45) is 0 Å². The van der Waals surface area contributed by atoms with E-state index >= 15 is 0 Å². The predicted molar refractivity (Wildman–Crippen MR) is 105 cm³/mol. The van der Waals surface area contributed by atoms with Gasteiger partial charge in [0.25, 0.3) is 11.8 Å². The van der Waals surface area contributed by atoms with Crippen molar-refractivity contribution in [2.75, 3.05) is 11.9 Å². The van der Waals surface area contributed by atoms with Gasteiger partial charge in [0.05, 0.1) is 0 Å². The summed E-state index contributed by atoms with van der Waals surface area (Å²) in [5.41, 5.74) is 2.39. The van der Waals surface area contributed by atoms with Crippen LogP contribution in [-0.4, -0.2) is 36.2 Å². The lowest BCUT2D eigenvalue weighted by molar-refractivity contribution is -0.121. The minimum atomic E-state index is -1.55. The smallest absolute Gasteiger partial charge is 0.274 e. The van der Waals surface area contributed by atoms with Crippen LogP contribution in [0.25, 0.3) is 0 Å². The molecule has 148 valence electrons.